The number of hydrogen-bond acceptors (Lipinski definition) is 3. The molecule has 0 spiro atoms. The number of ketones is 1. The second-order valence-corrected chi connectivity index (χ2v) is 5.48. The van der Waals surface area contributed by atoms with E-state index in [1.165, 1.54) is 32.1 Å². The molecule has 4 heteroatoms. The molecule has 0 bridgehead atoms. The van der Waals surface area contributed by atoms with E-state index in [0.717, 1.165) is 25.2 Å². The van der Waals surface area contributed by atoms with E-state index in [-0.39, 0.29) is 11.8 Å². The first-order valence-electron chi connectivity index (χ1n) is 7.21. The van der Waals surface area contributed by atoms with Gasteiger partial charge in [-0.3, -0.25) is 4.79 Å². The molecule has 0 aliphatic heterocycles. The molecule has 0 radical (unpaired) electrons. The molecule has 0 aromatic heterocycles. The lowest BCUT2D eigenvalue weighted by atomic mass is 9.91. The molecule has 2 aliphatic carbocycles. The monoisotopic (exact) mass is 253 g/mol. The Morgan fingerprint density at radius 2 is 2.00 bits per heavy atom. The number of nitrogens with one attached hydrogen (secondary N) is 1. The van der Waals surface area contributed by atoms with Crippen molar-refractivity contribution < 1.29 is 14.3 Å². The van der Waals surface area contributed by atoms with E-state index in [4.69, 9.17) is 4.74 Å². The Balaban J connectivity index is 1.44. The molecule has 0 aromatic rings. The van der Waals surface area contributed by atoms with Crippen LogP contribution in [0.2, 0.25) is 0 Å². The Kier molecular flexibility index (Phi) is 5.02. The Labute approximate surface area is 108 Å². The van der Waals surface area contributed by atoms with Crippen molar-refractivity contribution in [3.63, 3.8) is 0 Å². The van der Waals surface area contributed by atoms with Crippen LogP contribution in [-0.4, -0.2) is 24.5 Å². The molecule has 1 N–H and O–H groups in total. The molecule has 4 nitrogen and oxygen atoms in total. The number of alkyl carbamates (subject to hydrolysis) is 1. The Hall–Kier alpha value is -1.06. The fourth-order valence-corrected chi connectivity index (χ4v) is 2.74. The summed E-state index contributed by atoms with van der Waals surface area (Å²) in [6, 6.07) is -0.281. The lowest BCUT2D eigenvalue weighted by Gasteiger charge is -2.24. The molecule has 2 aliphatic rings. The fourth-order valence-electron chi connectivity index (χ4n) is 2.74. The van der Waals surface area contributed by atoms with Gasteiger partial charge in [-0.2, -0.15) is 0 Å². The van der Waals surface area contributed by atoms with Gasteiger partial charge in [-0.15, -0.1) is 0 Å². The summed E-state index contributed by atoms with van der Waals surface area (Å²) in [7, 11) is 0. The van der Waals surface area contributed by atoms with Crippen LogP contribution in [-0.2, 0) is 9.53 Å². The van der Waals surface area contributed by atoms with Crippen molar-refractivity contribution in [1.82, 2.24) is 5.32 Å². The Morgan fingerprint density at radius 3 is 2.61 bits per heavy atom. The first kappa shape index (κ1) is 13.4. The Bertz CT molecular complexity index is 297. The van der Waals surface area contributed by atoms with E-state index in [1.807, 2.05) is 0 Å². The van der Waals surface area contributed by atoms with Crippen molar-refractivity contribution in [1.29, 1.82) is 0 Å². The predicted octanol–water partition coefficient (Wildman–Crippen LogP) is 2.80. The maximum atomic E-state index is 11.3. The van der Waals surface area contributed by atoms with Gasteiger partial charge in [-0.25, -0.2) is 4.79 Å². The number of carbonyl (C=O) groups is 2. The first-order chi connectivity index (χ1) is 8.75. The van der Waals surface area contributed by atoms with Gasteiger partial charge in [0.1, 0.15) is 0 Å². The molecule has 102 valence electrons. The minimum atomic E-state index is -0.436. The number of unbranched alkanes of at least 4 members (excludes halogenated alkanes) is 1. The van der Waals surface area contributed by atoms with E-state index in [9.17, 15) is 9.59 Å². The van der Waals surface area contributed by atoms with E-state index in [2.05, 4.69) is 5.32 Å². The standard InChI is InChI=1S/C14H23NO3/c16-13-9-8-12(13)15-14(17)18-10-4-3-7-11-5-1-2-6-11/h11-12H,1-10H2,(H,15,17)/t12-/m0/s1. The van der Waals surface area contributed by atoms with Gasteiger partial charge in [0, 0.05) is 6.42 Å². The number of rotatable bonds is 6. The first-order valence-corrected chi connectivity index (χ1v) is 7.21. The molecule has 18 heavy (non-hydrogen) atoms. The fraction of sp³-hybridized carbons (Fsp3) is 0.857. The molecule has 0 unspecified atom stereocenters. The maximum absolute atomic E-state index is 11.3. The van der Waals surface area contributed by atoms with Crippen molar-refractivity contribution in [3.05, 3.63) is 0 Å². The number of hydrogen-bond donors (Lipinski definition) is 1. The SMILES string of the molecule is O=C(N[C@H]1CCC1=O)OCCCCC1CCCC1. The quantitative estimate of drug-likeness (QED) is 0.740. The molecule has 0 saturated heterocycles. The molecule has 0 aromatic carbocycles. The zero-order valence-electron chi connectivity index (χ0n) is 11.0. The summed E-state index contributed by atoms with van der Waals surface area (Å²) >= 11 is 0. The van der Waals surface area contributed by atoms with Gasteiger partial charge in [0.2, 0.25) is 0 Å². The van der Waals surface area contributed by atoms with Crippen LogP contribution < -0.4 is 5.32 Å². The van der Waals surface area contributed by atoms with Crippen LogP contribution >= 0.6 is 0 Å². The molecular formula is C14H23NO3. The molecule has 2 saturated carbocycles. The van der Waals surface area contributed by atoms with Crippen molar-refractivity contribution >= 4 is 11.9 Å². The lowest BCUT2D eigenvalue weighted by Crippen LogP contribution is -2.47. The normalized spacial score (nSPS) is 23.8. The Morgan fingerprint density at radius 1 is 1.22 bits per heavy atom. The summed E-state index contributed by atoms with van der Waals surface area (Å²) in [5, 5.41) is 2.59. The summed E-state index contributed by atoms with van der Waals surface area (Å²) in [4.78, 5) is 22.3. The average molecular weight is 253 g/mol. The summed E-state index contributed by atoms with van der Waals surface area (Å²) in [6.45, 7) is 0.472. The third kappa shape index (κ3) is 4.00. The van der Waals surface area contributed by atoms with Gasteiger partial charge in [-0.1, -0.05) is 32.1 Å². The average Bonchev–Trinajstić information content (AvgIpc) is 2.87. The van der Waals surface area contributed by atoms with Crippen molar-refractivity contribution in [2.75, 3.05) is 6.61 Å². The topological polar surface area (TPSA) is 55.4 Å². The van der Waals surface area contributed by atoms with Crippen molar-refractivity contribution in [2.45, 2.75) is 63.8 Å². The molecule has 1 amide bonds. The summed E-state index contributed by atoms with van der Waals surface area (Å²) in [6.07, 6.45) is 9.79. The van der Waals surface area contributed by atoms with Crippen LogP contribution in [0.5, 0.6) is 0 Å². The van der Waals surface area contributed by atoms with Crippen LogP contribution in [0.25, 0.3) is 0 Å². The predicted molar refractivity (Wildman–Crippen MR) is 68.3 cm³/mol. The molecule has 1 atom stereocenters. The van der Waals surface area contributed by atoms with E-state index < -0.39 is 6.09 Å². The van der Waals surface area contributed by atoms with Crippen LogP contribution in [0, 0.1) is 5.92 Å². The van der Waals surface area contributed by atoms with Crippen LogP contribution in [0.3, 0.4) is 0 Å². The highest BCUT2D eigenvalue weighted by molar-refractivity contribution is 5.92. The number of ether oxygens (including phenoxy) is 1. The van der Waals surface area contributed by atoms with Crippen LogP contribution in [0.1, 0.15) is 57.8 Å². The van der Waals surface area contributed by atoms with Gasteiger partial charge in [0.25, 0.3) is 0 Å². The third-order valence-corrected chi connectivity index (χ3v) is 4.07. The van der Waals surface area contributed by atoms with Gasteiger partial charge in [0.05, 0.1) is 12.6 Å². The highest BCUT2D eigenvalue weighted by atomic mass is 16.5. The second kappa shape index (κ2) is 6.76. The highest BCUT2D eigenvalue weighted by Gasteiger charge is 2.29. The van der Waals surface area contributed by atoms with E-state index in [1.54, 1.807) is 0 Å². The van der Waals surface area contributed by atoms with E-state index in [0.29, 0.717) is 13.0 Å². The molecule has 2 fully saturated rings. The third-order valence-electron chi connectivity index (χ3n) is 4.07. The van der Waals surface area contributed by atoms with Gasteiger partial charge in [-0.05, 0) is 25.2 Å². The summed E-state index contributed by atoms with van der Waals surface area (Å²) in [5.41, 5.74) is 0. The van der Waals surface area contributed by atoms with Gasteiger partial charge < -0.3 is 10.1 Å². The van der Waals surface area contributed by atoms with Gasteiger partial charge in [0.15, 0.2) is 5.78 Å². The molecule has 2 rings (SSSR count). The number of Topliss-reactive ketones (excluding diaryl/α,β-unsaturated/α-hetero) is 1. The summed E-state index contributed by atoms with van der Waals surface area (Å²) in [5.74, 6) is 1.03. The largest absolute Gasteiger partial charge is 0.450 e. The minimum absolute atomic E-state index is 0.119. The van der Waals surface area contributed by atoms with E-state index >= 15 is 0 Å². The molecular weight excluding hydrogens is 230 g/mol. The smallest absolute Gasteiger partial charge is 0.407 e. The minimum Gasteiger partial charge on any atom is -0.450 e. The van der Waals surface area contributed by atoms with Gasteiger partial charge >= 0.3 is 6.09 Å². The zero-order chi connectivity index (χ0) is 12.8. The van der Waals surface area contributed by atoms with Crippen molar-refractivity contribution in [2.24, 2.45) is 5.92 Å². The molecule has 0 heterocycles. The van der Waals surface area contributed by atoms with Crippen LogP contribution in [0.4, 0.5) is 4.79 Å². The maximum Gasteiger partial charge on any atom is 0.407 e. The van der Waals surface area contributed by atoms with Crippen molar-refractivity contribution in [3.8, 4) is 0 Å². The second-order valence-electron chi connectivity index (χ2n) is 5.48. The number of carbonyl (C=O) groups excluding carboxylic acids is 2. The zero-order valence-corrected chi connectivity index (χ0v) is 11.0. The lowest BCUT2D eigenvalue weighted by molar-refractivity contribution is -0.126. The number of amides is 1. The van der Waals surface area contributed by atoms with Crippen LogP contribution in [0.15, 0.2) is 0 Å². The highest BCUT2D eigenvalue weighted by Crippen LogP contribution is 2.28. The summed E-state index contributed by atoms with van der Waals surface area (Å²) < 4.78 is 5.06.